The van der Waals surface area contributed by atoms with Crippen LogP contribution in [0.1, 0.15) is 15.9 Å². The molecule has 0 unspecified atom stereocenters. The van der Waals surface area contributed by atoms with Gasteiger partial charge in [-0.25, -0.2) is 4.57 Å². The maximum atomic E-state index is 12.5. The van der Waals surface area contributed by atoms with Crippen molar-refractivity contribution in [3.8, 4) is 0 Å². The highest BCUT2D eigenvalue weighted by Crippen LogP contribution is 2.22. The minimum atomic E-state index is -0.212. The van der Waals surface area contributed by atoms with Crippen LogP contribution in [0.4, 0.5) is 0 Å². The van der Waals surface area contributed by atoms with E-state index >= 15 is 0 Å². The number of aryl methyl sites for hydroxylation is 1. The van der Waals surface area contributed by atoms with Gasteiger partial charge in [-0.15, -0.1) is 0 Å². The molecule has 2 aromatic carbocycles. The van der Waals surface area contributed by atoms with E-state index < -0.39 is 0 Å². The van der Waals surface area contributed by atoms with Gasteiger partial charge in [-0.1, -0.05) is 29.3 Å². The van der Waals surface area contributed by atoms with Gasteiger partial charge in [0.1, 0.15) is 0 Å². The lowest BCUT2D eigenvalue weighted by Crippen LogP contribution is -2.11. The Kier molecular flexibility index (Phi) is 3.20. The number of hydrogen-bond acceptors (Lipinski definition) is 3. The van der Waals surface area contributed by atoms with Crippen LogP contribution in [0.2, 0.25) is 5.02 Å². The second-order valence-electron chi connectivity index (χ2n) is 4.49. The molecule has 0 bridgehead atoms. The molecule has 20 heavy (non-hydrogen) atoms. The van der Waals surface area contributed by atoms with Gasteiger partial charge in [0, 0.05) is 16.7 Å². The summed E-state index contributed by atoms with van der Waals surface area (Å²) in [5.74, 6) is -0.212. The van der Waals surface area contributed by atoms with Crippen molar-refractivity contribution in [1.29, 1.82) is 0 Å². The zero-order valence-electron chi connectivity index (χ0n) is 10.6. The highest BCUT2D eigenvalue weighted by Gasteiger charge is 2.15. The van der Waals surface area contributed by atoms with Gasteiger partial charge in [-0.2, -0.15) is 0 Å². The molecule has 100 valence electrons. The van der Waals surface area contributed by atoms with E-state index in [1.807, 2.05) is 19.1 Å². The highest BCUT2D eigenvalue weighted by molar-refractivity contribution is 7.71. The maximum absolute atomic E-state index is 12.5. The molecule has 1 aromatic heterocycles. The quantitative estimate of drug-likeness (QED) is 0.616. The van der Waals surface area contributed by atoms with E-state index in [2.05, 4.69) is 0 Å². The molecule has 3 rings (SSSR count). The van der Waals surface area contributed by atoms with Crippen LogP contribution in [-0.4, -0.2) is 10.5 Å². The van der Waals surface area contributed by atoms with E-state index in [1.165, 1.54) is 4.57 Å². The summed E-state index contributed by atoms with van der Waals surface area (Å²) in [6.07, 6.45) is 0. The van der Waals surface area contributed by atoms with Crippen LogP contribution in [0, 0.1) is 11.8 Å². The summed E-state index contributed by atoms with van der Waals surface area (Å²) in [5, 5.41) is 0.538. The van der Waals surface area contributed by atoms with Crippen LogP contribution >= 0.6 is 23.8 Å². The van der Waals surface area contributed by atoms with Gasteiger partial charge in [0.05, 0.1) is 5.52 Å². The van der Waals surface area contributed by atoms with Crippen molar-refractivity contribution in [2.75, 3.05) is 0 Å². The average Bonchev–Trinajstić information content (AvgIpc) is 2.73. The second kappa shape index (κ2) is 4.89. The first kappa shape index (κ1) is 13.1. The molecule has 0 saturated heterocycles. The number of rotatable bonds is 1. The average molecular weight is 304 g/mol. The number of aromatic nitrogens is 1. The first-order valence-corrected chi connectivity index (χ1v) is 6.77. The topological polar surface area (TPSA) is 35.1 Å². The Morgan fingerprint density at radius 3 is 2.60 bits per heavy atom. The van der Waals surface area contributed by atoms with Crippen LogP contribution in [0.3, 0.4) is 0 Å². The number of carbonyl (C=O) groups excluding carboxylic acids is 1. The Morgan fingerprint density at radius 1 is 1.20 bits per heavy atom. The Bertz CT molecular complexity index is 862. The first-order valence-electron chi connectivity index (χ1n) is 5.99. The van der Waals surface area contributed by atoms with Gasteiger partial charge in [-0.3, -0.25) is 4.79 Å². The summed E-state index contributed by atoms with van der Waals surface area (Å²) in [6, 6.07) is 12.4. The molecule has 0 aliphatic rings. The van der Waals surface area contributed by atoms with Gasteiger partial charge < -0.3 is 4.42 Å². The molecule has 0 radical (unpaired) electrons. The third-order valence-electron chi connectivity index (χ3n) is 3.04. The molecule has 1 heterocycles. The van der Waals surface area contributed by atoms with Crippen molar-refractivity contribution in [3.63, 3.8) is 0 Å². The molecule has 0 atom stereocenters. The highest BCUT2D eigenvalue weighted by atomic mass is 35.5. The fraction of sp³-hybridized carbons (Fsp3) is 0.0667. The molecular weight excluding hydrogens is 294 g/mol. The molecule has 0 N–H and O–H groups in total. The number of hydrogen-bond donors (Lipinski definition) is 0. The van der Waals surface area contributed by atoms with Gasteiger partial charge in [0.2, 0.25) is 0 Å². The smallest absolute Gasteiger partial charge is 0.276 e. The summed E-state index contributed by atoms with van der Waals surface area (Å²) in [7, 11) is 0. The van der Waals surface area contributed by atoms with Crippen molar-refractivity contribution < 1.29 is 9.21 Å². The van der Waals surface area contributed by atoms with Gasteiger partial charge >= 0.3 is 0 Å². The van der Waals surface area contributed by atoms with Gasteiger partial charge in [0.15, 0.2) is 5.58 Å². The summed E-state index contributed by atoms with van der Waals surface area (Å²) in [5.41, 5.74) is 2.77. The van der Waals surface area contributed by atoms with Gasteiger partial charge in [0.25, 0.3) is 10.7 Å². The summed E-state index contributed by atoms with van der Waals surface area (Å²) >= 11 is 11.0. The van der Waals surface area contributed by atoms with E-state index in [-0.39, 0.29) is 10.7 Å². The Labute approximate surface area is 125 Å². The number of nitrogens with zero attached hydrogens (tertiary/aromatic N) is 1. The number of halogens is 1. The molecule has 0 spiro atoms. The SMILES string of the molecule is Cc1ccc(C(=O)n2c(=S)oc3cc(Cl)ccc32)cc1. The molecule has 3 nitrogen and oxygen atoms in total. The normalized spacial score (nSPS) is 10.9. The fourth-order valence-electron chi connectivity index (χ4n) is 2.01. The predicted molar refractivity (Wildman–Crippen MR) is 81.0 cm³/mol. The van der Waals surface area contributed by atoms with Crippen molar-refractivity contribution in [1.82, 2.24) is 4.57 Å². The van der Waals surface area contributed by atoms with Crippen molar-refractivity contribution in [2.24, 2.45) is 0 Å². The van der Waals surface area contributed by atoms with E-state index in [0.29, 0.717) is 21.7 Å². The molecule has 0 fully saturated rings. The van der Waals surface area contributed by atoms with E-state index in [9.17, 15) is 4.79 Å². The van der Waals surface area contributed by atoms with Crippen LogP contribution in [0.5, 0.6) is 0 Å². The summed E-state index contributed by atoms with van der Waals surface area (Å²) in [4.78, 5) is 12.7. The molecule has 0 aliphatic carbocycles. The van der Waals surface area contributed by atoms with E-state index in [0.717, 1.165) is 5.56 Å². The van der Waals surface area contributed by atoms with Gasteiger partial charge in [-0.05, 0) is 43.4 Å². The number of benzene rings is 2. The first-order chi connectivity index (χ1) is 9.56. The molecule has 0 amide bonds. The fourth-order valence-corrected chi connectivity index (χ4v) is 2.44. The largest absolute Gasteiger partial charge is 0.429 e. The van der Waals surface area contributed by atoms with Crippen LogP contribution in [-0.2, 0) is 0 Å². The monoisotopic (exact) mass is 303 g/mol. The Balaban J connectivity index is 2.19. The standard InChI is InChI=1S/C15H10ClNO2S/c1-9-2-4-10(5-3-9)14(18)17-12-7-6-11(16)8-13(12)19-15(17)20/h2-8H,1H3. The molecule has 5 heteroatoms. The molecule has 0 aliphatic heterocycles. The third-order valence-corrected chi connectivity index (χ3v) is 3.55. The lowest BCUT2D eigenvalue weighted by atomic mass is 10.1. The maximum Gasteiger partial charge on any atom is 0.276 e. The Hall–Kier alpha value is -1.91. The van der Waals surface area contributed by atoms with Crippen molar-refractivity contribution in [3.05, 3.63) is 63.5 Å². The van der Waals surface area contributed by atoms with Crippen molar-refractivity contribution >= 4 is 40.8 Å². The molecular formula is C15H10ClNO2S. The summed E-state index contributed by atoms with van der Waals surface area (Å²) < 4.78 is 6.80. The van der Waals surface area contributed by atoms with Crippen LogP contribution < -0.4 is 0 Å². The summed E-state index contributed by atoms with van der Waals surface area (Å²) in [6.45, 7) is 1.97. The van der Waals surface area contributed by atoms with E-state index in [4.69, 9.17) is 28.2 Å². The molecule has 0 saturated carbocycles. The Morgan fingerprint density at radius 2 is 1.90 bits per heavy atom. The minimum Gasteiger partial charge on any atom is -0.429 e. The zero-order valence-corrected chi connectivity index (χ0v) is 12.2. The third kappa shape index (κ3) is 2.17. The number of oxazole rings is 1. The minimum absolute atomic E-state index is 0.118. The molecule has 3 aromatic rings. The van der Waals surface area contributed by atoms with Crippen molar-refractivity contribution in [2.45, 2.75) is 6.92 Å². The zero-order chi connectivity index (χ0) is 14.3. The van der Waals surface area contributed by atoms with Crippen LogP contribution in [0.15, 0.2) is 46.9 Å². The number of carbonyl (C=O) groups is 1. The lowest BCUT2D eigenvalue weighted by molar-refractivity contribution is 0.0959. The van der Waals surface area contributed by atoms with Crippen LogP contribution in [0.25, 0.3) is 11.1 Å². The van der Waals surface area contributed by atoms with E-state index in [1.54, 1.807) is 30.3 Å². The lowest BCUT2D eigenvalue weighted by Gasteiger charge is -2.02. The second-order valence-corrected chi connectivity index (χ2v) is 5.27. The number of fused-ring (bicyclic) bond motifs is 1. The predicted octanol–water partition coefficient (Wildman–Crippen LogP) is 4.61.